The fourth-order valence-corrected chi connectivity index (χ4v) is 2.65. The van der Waals surface area contributed by atoms with Crippen LogP contribution in [0, 0.1) is 0 Å². The molecule has 0 saturated carbocycles. The molecule has 98 valence electrons. The second-order valence-corrected chi connectivity index (χ2v) is 4.71. The topological polar surface area (TPSA) is 92.5 Å². The average molecular weight is 259 g/mol. The van der Waals surface area contributed by atoms with E-state index >= 15 is 0 Å². The third-order valence-electron chi connectivity index (χ3n) is 3.63. The van der Waals surface area contributed by atoms with Gasteiger partial charge in [-0.1, -0.05) is 12.1 Å². The molecule has 0 bridgehead atoms. The Morgan fingerprint density at radius 2 is 2.11 bits per heavy atom. The first-order chi connectivity index (χ1) is 9.11. The van der Waals surface area contributed by atoms with E-state index in [0.29, 0.717) is 18.7 Å². The number of hydrogen-bond donors (Lipinski definition) is 2. The molecule has 1 fully saturated rings. The number of fused-ring (bicyclic) bond motifs is 1. The van der Waals surface area contributed by atoms with Crippen molar-refractivity contribution in [3.05, 3.63) is 34.9 Å². The predicted molar refractivity (Wildman–Crippen MR) is 65.8 cm³/mol. The van der Waals surface area contributed by atoms with Crippen LogP contribution in [0.15, 0.2) is 18.2 Å². The minimum Gasteiger partial charge on any atom is -0.326 e. The van der Waals surface area contributed by atoms with Gasteiger partial charge in [0.1, 0.15) is 6.04 Å². The van der Waals surface area contributed by atoms with Crippen LogP contribution in [0.2, 0.25) is 0 Å². The van der Waals surface area contributed by atoms with E-state index in [2.05, 4.69) is 5.32 Å². The van der Waals surface area contributed by atoms with Crippen molar-refractivity contribution in [3.63, 3.8) is 0 Å². The molecule has 3 amide bonds. The van der Waals surface area contributed by atoms with E-state index in [1.54, 1.807) is 12.1 Å². The number of nitrogens with zero attached hydrogens (tertiary/aromatic N) is 1. The van der Waals surface area contributed by atoms with Crippen LogP contribution in [0.5, 0.6) is 0 Å². The fourth-order valence-electron chi connectivity index (χ4n) is 2.65. The minimum absolute atomic E-state index is 0.0382. The molecule has 1 unspecified atom stereocenters. The average Bonchev–Trinajstić information content (AvgIpc) is 2.90. The minimum atomic E-state index is -0.696. The zero-order chi connectivity index (χ0) is 13.6. The number of benzene rings is 1. The Bertz CT molecular complexity index is 597. The summed E-state index contributed by atoms with van der Waals surface area (Å²) in [6.45, 7) is 0.687. The number of imide groups is 1. The maximum atomic E-state index is 12.3. The second kappa shape index (κ2) is 4.17. The number of nitrogens with two attached hydrogens (primary N) is 1. The third-order valence-corrected chi connectivity index (χ3v) is 3.63. The van der Waals surface area contributed by atoms with E-state index in [1.807, 2.05) is 6.07 Å². The summed E-state index contributed by atoms with van der Waals surface area (Å²) in [5.41, 5.74) is 8.00. The quantitative estimate of drug-likeness (QED) is 0.701. The maximum Gasteiger partial charge on any atom is 0.255 e. The lowest BCUT2D eigenvalue weighted by atomic mass is 10.0. The fraction of sp³-hybridized carbons (Fsp3) is 0.308. The highest BCUT2D eigenvalue weighted by Crippen LogP contribution is 2.29. The summed E-state index contributed by atoms with van der Waals surface area (Å²) < 4.78 is 0. The summed E-state index contributed by atoms with van der Waals surface area (Å²) in [4.78, 5) is 36.7. The van der Waals surface area contributed by atoms with Gasteiger partial charge in [-0.2, -0.15) is 0 Å². The molecule has 0 aliphatic carbocycles. The third kappa shape index (κ3) is 1.72. The van der Waals surface area contributed by atoms with E-state index in [9.17, 15) is 14.4 Å². The van der Waals surface area contributed by atoms with E-state index in [0.717, 1.165) is 11.1 Å². The number of rotatable bonds is 2. The highest BCUT2D eigenvalue weighted by Gasteiger charge is 2.41. The molecule has 0 aromatic heterocycles. The van der Waals surface area contributed by atoms with Crippen molar-refractivity contribution in [3.8, 4) is 0 Å². The van der Waals surface area contributed by atoms with Gasteiger partial charge < -0.3 is 10.6 Å². The SMILES string of the molecule is NCc1cccc2c1CN(C1CC(=O)NC1=O)C2=O. The van der Waals surface area contributed by atoms with Crippen molar-refractivity contribution in [1.29, 1.82) is 0 Å². The normalized spacial score (nSPS) is 21.8. The van der Waals surface area contributed by atoms with E-state index in [1.165, 1.54) is 4.90 Å². The van der Waals surface area contributed by atoms with E-state index < -0.39 is 11.9 Å². The molecule has 1 saturated heterocycles. The number of carbonyl (C=O) groups is 3. The molecule has 1 atom stereocenters. The van der Waals surface area contributed by atoms with Crippen LogP contribution in [-0.2, 0) is 22.7 Å². The monoisotopic (exact) mass is 259 g/mol. The van der Waals surface area contributed by atoms with Gasteiger partial charge in [-0.05, 0) is 17.2 Å². The summed E-state index contributed by atoms with van der Waals surface area (Å²) in [7, 11) is 0. The number of nitrogens with one attached hydrogen (secondary N) is 1. The van der Waals surface area contributed by atoms with Gasteiger partial charge in [0, 0.05) is 18.7 Å². The second-order valence-electron chi connectivity index (χ2n) is 4.71. The molecule has 2 aliphatic rings. The van der Waals surface area contributed by atoms with Crippen LogP contribution in [0.25, 0.3) is 0 Å². The molecule has 1 aromatic carbocycles. The first kappa shape index (κ1) is 11.9. The van der Waals surface area contributed by atoms with Crippen molar-refractivity contribution in [1.82, 2.24) is 10.2 Å². The number of hydrogen-bond acceptors (Lipinski definition) is 4. The zero-order valence-corrected chi connectivity index (χ0v) is 10.2. The van der Waals surface area contributed by atoms with Gasteiger partial charge in [0.05, 0.1) is 6.42 Å². The Balaban J connectivity index is 1.95. The Kier molecular flexibility index (Phi) is 2.60. The van der Waals surface area contributed by atoms with Crippen molar-refractivity contribution < 1.29 is 14.4 Å². The van der Waals surface area contributed by atoms with Crippen LogP contribution < -0.4 is 11.1 Å². The lowest BCUT2D eigenvalue weighted by molar-refractivity contribution is -0.126. The molecular weight excluding hydrogens is 246 g/mol. The highest BCUT2D eigenvalue weighted by atomic mass is 16.2. The molecule has 2 heterocycles. The Morgan fingerprint density at radius 3 is 2.74 bits per heavy atom. The summed E-state index contributed by atoms with van der Waals surface area (Å²) in [6.07, 6.45) is 0.0382. The van der Waals surface area contributed by atoms with Crippen molar-refractivity contribution in [2.24, 2.45) is 5.73 Å². The van der Waals surface area contributed by atoms with E-state index in [-0.39, 0.29) is 18.2 Å². The Hall–Kier alpha value is -2.21. The lowest BCUT2D eigenvalue weighted by Gasteiger charge is -2.20. The molecule has 6 nitrogen and oxygen atoms in total. The Morgan fingerprint density at radius 1 is 1.32 bits per heavy atom. The predicted octanol–water partition coefficient (Wildman–Crippen LogP) is -0.484. The van der Waals surface area contributed by atoms with Crippen LogP contribution in [0.4, 0.5) is 0 Å². The molecule has 0 spiro atoms. The van der Waals surface area contributed by atoms with Crippen LogP contribution >= 0.6 is 0 Å². The molecule has 19 heavy (non-hydrogen) atoms. The maximum absolute atomic E-state index is 12.3. The van der Waals surface area contributed by atoms with Gasteiger partial charge in [0.25, 0.3) is 5.91 Å². The summed E-state index contributed by atoms with van der Waals surface area (Å²) in [5, 5.41) is 2.22. The zero-order valence-electron chi connectivity index (χ0n) is 10.2. The van der Waals surface area contributed by atoms with Crippen LogP contribution in [0.1, 0.15) is 27.9 Å². The van der Waals surface area contributed by atoms with Crippen LogP contribution in [-0.4, -0.2) is 28.7 Å². The van der Waals surface area contributed by atoms with Gasteiger partial charge in [-0.3, -0.25) is 19.7 Å². The lowest BCUT2D eigenvalue weighted by Crippen LogP contribution is -2.40. The molecule has 1 aromatic rings. The van der Waals surface area contributed by atoms with Crippen LogP contribution in [0.3, 0.4) is 0 Å². The van der Waals surface area contributed by atoms with Gasteiger partial charge >= 0.3 is 0 Å². The molecular formula is C13H13N3O3. The smallest absolute Gasteiger partial charge is 0.255 e. The summed E-state index contributed by atoms with van der Waals surface area (Å²) in [6, 6.07) is 4.68. The van der Waals surface area contributed by atoms with Gasteiger partial charge in [0.15, 0.2) is 0 Å². The largest absolute Gasteiger partial charge is 0.326 e. The molecule has 2 aliphatic heterocycles. The first-order valence-corrected chi connectivity index (χ1v) is 6.07. The molecule has 0 radical (unpaired) electrons. The van der Waals surface area contributed by atoms with Gasteiger partial charge in [-0.15, -0.1) is 0 Å². The van der Waals surface area contributed by atoms with Gasteiger partial charge in [0.2, 0.25) is 11.8 Å². The summed E-state index contributed by atoms with van der Waals surface area (Å²) in [5.74, 6) is -0.946. The van der Waals surface area contributed by atoms with E-state index in [4.69, 9.17) is 5.73 Å². The molecule has 3 N–H and O–H groups in total. The Labute approximate surface area is 109 Å². The molecule has 6 heteroatoms. The standard InChI is InChI=1S/C13H13N3O3/c14-5-7-2-1-3-8-9(7)6-16(13(8)19)10-4-11(17)15-12(10)18/h1-3,10H,4-6,14H2,(H,15,17,18). The number of carbonyl (C=O) groups excluding carboxylic acids is 3. The van der Waals surface area contributed by atoms with Gasteiger partial charge in [-0.25, -0.2) is 0 Å². The van der Waals surface area contributed by atoms with Crippen molar-refractivity contribution in [2.45, 2.75) is 25.6 Å². The first-order valence-electron chi connectivity index (χ1n) is 6.07. The molecule has 3 rings (SSSR count). The van der Waals surface area contributed by atoms with Crippen molar-refractivity contribution in [2.75, 3.05) is 0 Å². The number of amides is 3. The summed E-state index contributed by atoms with van der Waals surface area (Å²) >= 11 is 0. The van der Waals surface area contributed by atoms with Crippen molar-refractivity contribution >= 4 is 17.7 Å². The highest BCUT2D eigenvalue weighted by molar-refractivity contribution is 6.09.